The van der Waals surface area contributed by atoms with Crippen LogP contribution in [0.3, 0.4) is 0 Å². The van der Waals surface area contributed by atoms with Crippen LogP contribution in [0.4, 0.5) is 0 Å². The Bertz CT molecular complexity index is 1260. The summed E-state index contributed by atoms with van der Waals surface area (Å²) < 4.78 is 0. The second-order valence-electron chi connectivity index (χ2n) is 12.1. The van der Waals surface area contributed by atoms with E-state index in [4.69, 9.17) is 11.5 Å². The third kappa shape index (κ3) is 11.4. The highest BCUT2D eigenvalue weighted by Crippen LogP contribution is 2.21. The van der Waals surface area contributed by atoms with E-state index < -0.39 is 78.2 Å². The summed E-state index contributed by atoms with van der Waals surface area (Å²) in [6.07, 6.45) is 0.383. The summed E-state index contributed by atoms with van der Waals surface area (Å²) in [5.74, 6) is -5.62. The number of hydrogen-bond acceptors (Lipinski definition) is 8. The first-order chi connectivity index (χ1) is 21.6. The van der Waals surface area contributed by atoms with Gasteiger partial charge >= 0.3 is 5.97 Å². The van der Waals surface area contributed by atoms with Crippen molar-refractivity contribution in [3.8, 4) is 0 Å². The molecule has 1 aromatic rings. The molecule has 5 atom stereocenters. The molecule has 0 spiro atoms. The summed E-state index contributed by atoms with van der Waals surface area (Å²) in [6.45, 7) is 6.74. The molecule has 0 saturated carbocycles. The average Bonchev–Trinajstić information content (AvgIpc) is 3.50. The second-order valence-corrected chi connectivity index (χ2v) is 12.1. The number of primary amides is 1. The average molecular weight is 646 g/mol. The summed E-state index contributed by atoms with van der Waals surface area (Å²) in [5.41, 5.74) is 11.9. The van der Waals surface area contributed by atoms with E-state index in [1.165, 1.54) is 4.90 Å². The molecule has 1 aliphatic rings. The Hall–Kier alpha value is -4.53. The number of rotatable bonds is 17. The van der Waals surface area contributed by atoms with E-state index in [0.29, 0.717) is 18.4 Å². The zero-order valence-electron chi connectivity index (χ0n) is 26.8. The highest BCUT2D eigenvalue weighted by atomic mass is 16.4. The Labute approximate surface area is 268 Å². The van der Waals surface area contributed by atoms with Gasteiger partial charge in [-0.05, 0) is 36.7 Å². The number of carbonyl (C=O) groups is 7. The van der Waals surface area contributed by atoms with E-state index in [9.17, 15) is 38.7 Å². The van der Waals surface area contributed by atoms with Gasteiger partial charge in [-0.15, -0.1) is 0 Å². The Balaban J connectivity index is 2.08. The van der Waals surface area contributed by atoms with Crippen molar-refractivity contribution >= 4 is 41.4 Å². The van der Waals surface area contributed by atoms with Crippen LogP contribution in [-0.4, -0.2) is 94.7 Å². The van der Waals surface area contributed by atoms with E-state index in [2.05, 4.69) is 21.3 Å². The molecule has 0 radical (unpaired) electrons. The van der Waals surface area contributed by atoms with Crippen LogP contribution in [0, 0.1) is 11.8 Å². The minimum absolute atomic E-state index is 0.0235. The number of nitrogens with zero attached hydrogens (tertiary/aromatic N) is 1. The largest absolute Gasteiger partial charge is 0.480 e. The minimum Gasteiger partial charge on any atom is -0.480 e. The fourth-order valence-corrected chi connectivity index (χ4v) is 4.96. The number of amides is 6. The maximum atomic E-state index is 13.6. The molecule has 1 heterocycles. The van der Waals surface area contributed by atoms with Crippen molar-refractivity contribution in [3.63, 3.8) is 0 Å². The van der Waals surface area contributed by atoms with Gasteiger partial charge in [-0.1, -0.05) is 58.0 Å². The monoisotopic (exact) mass is 645 g/mol. The standard InChI is InChI=1S/C31H47N7O8/c1-17(2)25(33)29(43)37-26(18(3)4)30(44)38-14-8-11-22(38)28(42)36-20(12-13-23(32)39)27(41)34-16-24(40)35-21(31(45)46)15-19-9-6-5-7-10-19/h5-7,9-10,17-18,20-22,25-26H,8,11-16,33H2,1-4H3,(H2,32,39)(H,34,41)(H,35,40)(H,36,42)(H,37,43)(H,45,46)/t20-,21-,22-,25-,26-/m0/s1. The first-order valence-corrected chi connectivity index (χ1v) is 15.4. The van der Waals surface area contributed by atoms with Crippen LogP contribution in [0.1, 0.15) is 58.9 Å². The van der Waals surface area contributed by atoms with Crippen molar-refractivity contribution in [1.82, 2.24) is 26.2 Å². The Morgan fingerprint density at radius 2 is 1.57 bits per heavy atom. The molecule has 9 N–H and O–H groups in total. The summed E-state index contributed by atoms with van der Waals surface area (Å²) in [5, 5.41) is 19.6. The molecule has 2 rings (SSSR count). The highest BCUT2D eigenvalue weighted by molar-refractivity contribution is 5.96. The van der Waals surface area contributed by atoms with Crippen LogP contribution in [0.2, 0.25) is 0 Å². The van der Waals surface area contributed by atoms with Gasteiger partial charge < -0.3 is 42.7 Å². The predicted octanol–water partition coefficient (Wildman–Crippen LogP) is -1.22. The molecular formula is C31H47N7O8. The number of benzene rings is 1. The van der Waals surface area contributed by atoms with E-state index in [1.54, 1.807) is 58.0 Å². The van der Waals surface area contributed by atoms with Gasteiger partial charge in [0.25, 0.3) is 0 Å². The molecule has 6 amide bonds. The summed E-state index contributed by atoms with van der Waals surface area (Å²) >= 11 is 0. The first kappa shape index (κ1) is 37.7. The van der Waals surface area contributed by atoms with Crippen molar-refractivity contribution in [1.29, 1.82) is 0 Å². The Morgan fingerprint density at radius 3 is 2.13 bits per heavy atom. The maximum Gasteiger partial charge on any atom is 0.326 e. The minimum atomic E-state index is -1.28. The number of carboxylic acid groups (broad SMARTS) is 1. The maximum absolute atomic E-state index is 13.6. The van der Waals surface area contributed by atoms with Gasteiger partial charge in [0.05, 0.1) is 12.6 Å². The molecule has 0 aromatic heterocycles. The Morgan fingerprint density at radius 1 is 0.913 bits per heavy atom. The van der Waals surface area contributed by atoms with E-state index in [1.807, 2.05) is 0 Å². The summed E-state index contributed by atoms with van der Waals surface area (Å²) in [6, 6.07) is 3.45. The van der Waals surface area contributed by atoms with Gasteiger partial charge in [0.1, 0.15) is 24.2 Å². The third-order valence-electron chi connectivity index (χ3n) is 7.74. The molecule has 0 aliphatic carbocycles. The zero-order chi connectivity index (χ0) is 34.6. The van der Waals surface area contributed by atoms with Gasteiger partial charge in [0.2, 0.25) is 35.4 Å². The van der Waals surface area contributed by atoms with Gasteiger partial charge in [0, 0.05) is 19.4 Å². The molecule has 1 saturated heterocycles. The lowest BCUT2D eigenvalue weighted by molar-refractivity contribution is -0.143. The van der Waals surface area contributed by atoms with Crippen molar-refractivity contribution in [2.24, 2.45) is 23.3 Å². The molecule has 0 unspecified atom stereocenters. The fraction of sp³-hybridized carbons (Fsp3) is 0.581. The Kier molecular flexibility index (Phi) is 14.6. The smallest absolute Gasteiger partial charge is 0.326 e. The first-order valence-electron chi connectivity index (χ1n) is 15.4. The predicted molar refractivity (Wildman–Crippen MR) is 167 cm³/mol. The molecule has 46 heavy (non-hydrogen) atoms. The van der Waals surface area contributed by atoms with Gasteiger partial charge in [-0.2, -0.15) is 0 Å². The lowest BCUT2D eigenvalue weighted by Crippen LogP contribution is -2.59. The molecule has 1 aromatic carbocycles. The molecule has 1 fully saturated rings. The number of carboxylic acids is 1. The molecule has 15 heteroatoms. The lowest BCUT2D eigenvalue weighted by Gasteiger charge is -2.32. The zero-order valence-corrected chi connectivity index (χ0v) is 26.8. The second kappa shape index (κ2) is 17.8. The van der Waals surface area contributed by atoms with Crippen LogP contribution < -0.4 is 32.7 Å². The topological polar surface area (TPSA) is 243 Å². The van der Waals surface area contributed by atoms with E-state index in [0.717, 1.165) is 0 Å². The van der Waals surface area contributed by atoms with Crippen molar-refractivity contribution in [2.75, 3.05) is 13.1 Å². The highest BCUT2D eigenvalue weighted by Gasteiger charge is 2.40. The van der Waals surface area contributed by atoms with Crippen LogP contribution >= 0.6 is 0 Å². The number of hydrogen-bond donors (Lipinski definition) is 7. The van der Waals surface area contributed by atoms with E-state index >= 15 is 0 Å². The van der Waals surface area contributed by atoms with Gasteiger partial charge in [-0.25, -0.2) is 4.79 Å². The normalized spacial score (nSPS) is 17.0. The quantitative estimate of drug-likeness (QED) is 0.107. The van der Waals surface area contributed by atoms with Crippen molar-refractivity contribution in [2.45, 2.75) is 90.0 Å². The van der Waals surface area contributed by atoms with E-state index in [-0.39, 0.29) is 37.6 Å². The number of nitrogens with one attached hydrogen (secondary N) is 4. The molecular weight excluding hydrogens is 598 g/mol. The third-order valence-corrected chi connectivity index (χ3v) is 7.74. The number of carbonyl (C=O) groups excluding carboxylic acids is 6. The van der Waals surface area contributed by atoms with Crippen molar-refractivity contribution in [3.05, 3.63) is 35.9 Å². The van der Waals surface area contributed by atoms with Crippen LogP contribution in [0.25, 0.3) is 0 Å². The molecule has 15 nitrogen and oxygen atoms in total. The number of aliphatic carboxylic acids is 1. The number of likely N-dealkylation sites (tertiary alicyclic amines) is 1. The summed E-state index contributed by atoms with van der Waals surface area (Å²) in [7, 11) is 0. The number of nitrogens with two attached hydrogens (primary N) is 2. The van der Waals surface area contributed by atoms with Gasteiger partial charge in [0.15, 0.2) is 0 Å². The van der Waals surface area contributed by atoms with Crippen molar-refractivity contribution < 1.29 is 38.7 Å². The van der Waals surface area contributed by atoms with Crippen LogP contribution in [0.15, 0.2) is 30.3 Å². The lowest BCUT2D eigenvalue weighted by atomic mass is 9.99. The molecule has 254 valence electrons. The summed E-state index contributed by atoms with van der Waals surface area (Å²) in [4.78, 5) is 89.7. The SMILES string of the molecule is CC(C)[C@H](N)C(=O)N[C@H](C(=O)N1CCC[C@H]1C(=O)N[C@@H](CCC(N)=O)C(=O)NCC(=O)N[C@@H](Cc1ccccc1)C(=O)O)C(C)C. The van der Waals surface area contributed by atoms with Crippen LogP contribution in [0.5, 0.6) is 0 Å². The van der Waals surface area contributed by atoms with Crippen LogP contribution in [-0.2, 0) is 40.0 Å². The molecule has 1 aliphatic heterocycles. The molecule has 0 bridgehead atoms. The fourth-order valence-electron chi connectivity index (χ4n) is 4.96. The van der Waals surface area contributed by atoms with Gasteiger partial charge in [-0.3, -0.25) is 28.8 Å².